The summed E-state index contributed by atoms with van der Waals surface area (Å²) in [6.07, 6.45) is 3.88. The first-order valence-corrected chi connectivity index (χ1v) is 7.50. The van der Waals surface area contributed by atoms with Crippen molar-refractivity contribution in [3.63, 3.8) is 0 Å². The molecular weight excluding hydrogens is 290 g/mol. The van der Waals surface area contributed by atoms with Crippen molar-refractivity contribution >= 4 is 5.97 Å². The van der Waals surface area contributed by atoms with Crippen LogP contribution in [0.5, 0.6) is 0 Å². The van der Waals surface area contributed by atoms with Gasteiger partial charge in [-0.1, -0.05) is 0 Å². The summed E-state index contributed by atoms with van der Waals surface area (Å²) < 4.78 is 12.3. The van der Waals surface area contributed by atoms with Gasteiger partial charge in [-0.15, -0.1) is 0 Å². The predicted molar refractivity (Wildman–Crippen MR) is 76.5 cm³/mol. The van der Waals surface area contributed by atoms with Gasteiger partial charge >= 0.3 is 11.7 Å². The summed E-state index contributed by atoms with van der Waals surface area (Å²) in [5, 5.41) is 3.08. The largest absolute Gasteiger partial charge is 0.462 e. The third-order valence-corrected chi connectivity index (χ3v) is 4.00. The van der Waals surface area contributed by atoms with Crippen LogP contribution in [0.4, 0.5) is 0 Å². The average Bonchev–Trinajstić information content (AvgIpc) is 3.16. The molecule has 2 saturated heterocycles. The molecule has 2 aliphatic heterocycles. The van der Waals surface area contributed by atoms with Crippen molar-refractivity contribution in [3.05, 3.63) is 33.1 Å². The van der Waals surface area contributed by atoms with Crippen molar-refractivity contribution in [2.75, 3.05) is 13.2 Å². The van der Waals surface area contributed by atoms with Crippen LogP contribution in [0.3, 0.4) is 0 Å². The minimum Gasteiger partial charge on any atom is -0.462 e. The summed E-state index contributed by atoms with van der Waals surface area (Å²) in [5.74, 6) is -0.245. The number of carbonyl (C=O) groups excluding carboxylic acids is 1. The van der Waals surface area contributed by atoms with Crippen LogP contribution in [-0.2, 0) is 14.3 Å². The minimum atomic E-state index is -0.495. The molecule has 3 heterocycles. The Balaban J connectivity index is 1.52. The Hall–Kier alpha value is -1.93. The van der Waals surface area contributed by atoms with Crippen LogP contribution in [-0.4, -0.2) is 40.8 Å². The SMILES string of the molecule is O=C(OCC1CCC(n2ccc(=O)[nH]c2=O)O1)C1CCCN1. The fraction of sp³-hybridized carbons (Fsp3) is 0.643. The van der Waals surface area contributed by atoms with E-state index < -0.39 is 17.5 Å². The Morgan fingerprint density at radius 2 is 2.23 bits per heavy atom. The van der Waals surface area contributed by atoms with Gasteiger partial charge in [-0.3, -0.25) is 19.1 Å². The summed E-state index contributed by atoms with van der Waals surface area (Å²) in [6, 6.07) is 1.07. The highest BCUT2D eigenvalue weighted by molar-refractivity contribution is 5.76. The van der Waals surface area contributed by atoms with E-state index >= 15 is 0 Å². The highest BCUT2D eigenvalue weighted by atomic mass is 16.6. The first-order chi connectivity index (χ1) is 10.6. The monoisotopic (exact) mass is 309 g/mol. The molecule has 22 heavy (non-hydrogen) atoms. The molecule has 2 aliphatic rings. The van der Waals surface area contributed by atoms with Gasteiger partial charge in [0.25, 0.3) is 5.56 Å². The molecule has 3 atom stereocenters. The topological polar surface area (TPSA) is 102 Å². The number of ether oxygens (including phenoxy) is 2. The lowest BCUT2D eigenvalue weighted by Crippen LogP contribution is -2.34. The van der Waals surface area contributed by atoms with E-state index in [-0.39, 0.29) is 24.7 Å². The second-order valence-electron chi connectivity index (χ2n) is 5.59. The maximum Gasteiger partial charge on any atom is 0.330 e. The Kier molecular flexibility index (Phi) is 4.39. The average molecular weight is 309 g/mol. The zero-order valence-corrected chi connectivity index (χ0v) is 12.1. The molecule has 120 valence electrons. The Morgan fingerprint density at radius 3 is 2.95 bits per heavy atom. The predicted octanol–water partition coefficient (Wildman–Crippen LogP) is -0.491. The number of aromatic nitrogens is 2. The van der Waals surface area contributed by atoms with E-state index in [4.69, 9.17) is 9.47 Å². The molecule has 0 aromatic carbocycles. The molecule has 0 spiro atoms. The van der Waals surface area contributed by atoms with Gasteiger partial charge in [0, 0.05) is 12.3 Å². The number of nitrogens with zero attached hydrogens (tertiary/aromatic N) is 1. The van der Waals surface area contributed by atoms with Gasteiger partial charge in [-0.05, 0) is 32.2 Å². The minimum absolute atomic E-state index is 0.186. The fourth-order valence-electron chi connectivity index (χ4n) is 2.83. The number of aromatic amines is 1. The molecule has 8 heteroatoms. The molecule has 3 unspecified atom stereocenters. The first-order valence-electron chi connectivity index (χ1n) is 7.50. The van der Waals surface area contributed by atoms with Gasteiger partial charge in [0.15, 0.2) is 0 Å². The lowest BCUT2D eigenvalue weighted by atomic mass is 10.2. The molecule has 0 amide bonds. The van der Waals surface area contributed by atoms with Crippen LogP contribution in [0.2, 0.25) is 0 Å². The van der Waals surface area contributed by atoms with Crippen LogP contribution in [0.25, 0.3) is 0 Å². The summed E-state index contributed by atoms with van der Waals surface area (Å²) in [6.45, 7) is 1.03. The van der Waals surface area contributed by atoms with Crippen LogP contribution in [0.1, 0.15) is 31.9 Å². The molecule has 2 fully saturated rings. The third kappa shape index (κ3) is 3.28. The second-order valence-corrected chi connectivity index (χ2v) is 5.59. The zero-order chi connectivity index (χ0) is 15.5. The Morgan fingerprint density at radius 1 is 1.36 bits per heavy atom. The van der Waals surface area contributed by atoms with E-state index in [2.05, 4.69) is 10.3 Å². The van der Waals surface area contributed by atoms with E-state index in [1.165, 1.54) is 16.8 Å². The zero-order valence-electron chi connectivity index (χ0n) is 12.1. The van der Waals surface area contributed by atoms with Gasteiger partial charge in [-0.2, -0.15) is 0 Å². The number of hydrogen-bond donors (Lipinski definition) is 2. The highest BCUT2D eigenvalue weighted by Gasteiger charge is 2.30. The number of H-pyrrole nitrogens is 1. The third-order valence-electron chi connectivity index (χ3n) is 4.00. The standard InChI is InChI=1S/C14H19N3O5/c18-11-5-7-17(14(20)16-11)12-4-3-9(22-12)8-21-13(19)10-2-1-6-15-10/h5,7,9-10,12,15H,1-4,6,8H2,(H,16,18,20). The maximum absolute atomic E-state index is 11.8. The van der Waals surface area contributed by atoms with Crippen molar-refractivity contribution in [1.82, 2.24) is 14.9 Å². The lowest BCUT2D eigenvalue weighted by molar-refractivity contribution is -0.150. The normalized spacial score (nSPS) is 27.9. The van der Waals surface area contributed by atoms with E-state index in [0.29, 0.717) is 12.8 Å². The number of hydrogen-bond acceptors (Lipinski definition) is 6. The van der Waals surface area contributed by atoms with E-state index in [9.17, 15) is 14.4 Å². The molecule has 3 rings (SSSR count). The number of carbonyl (C=O) groups is 1. The molecule has 0 radical (unpaired) electrons. The first kappa shape index (κ1) is 15.0. The van der Waals surface area contributed by atoms with E-state index in [1.54, 1.807) is 0 Å². The molecule has 0 aliphatic carbocycles. The van der Waals surface area contributed by atoms with Gasteiger partial charge in [-0.25, -0.2) is 4.79 Å². The van der Waals surface area contributed by atoms with Gasteiger partial charge in [0.05, 0.1) is 6.10 Å². The Bertz CT molecular complexity index is 646. The fourth-order valence-corrected chi connectivity index (χ4v) is 2.83. The molecule has 2 N–H and O–H groups in total. The van der Waals surface area contributed by atoms with E-state index in [0.717, 1.165) is 19.4 Å². The van der Waals surface area contributed by atoms with Crippen molar-refractivity contribution in [1.29, 1.82) is 0 Å². The van der Waals surface area contributed by atoms with Crippen molar-refractivity contribution < 1.29 is 14.3 Å². The molecule has 1 aromatic heterocycles. The van der Waals surface area contributed by atoms with Gasteiger partial charge < -0.3 is 14.8 Å². The van der Waals surface area contributed by atoms with Gasteiger partial charge in [0.1, 0.15) is 18.9 Å². The summed E-state index contributed by atoms with van der Waals surface area (Å²) >= 11 is 0. The van der Waals surface area contributed by atoms with Crippen molar-refractivity contribution in [3.8, 4) is 0 Å². The van der Waals surface area contributed by atoms with Gasteiger partial charge in [0.2, 0.25) is 0 Å². The second kappa shape index (κ2) is 6.45. The number of nitrogens with one attached hydrogen (secondary N) is 2. The molecule has 0 saturated carbocycles. The smallest absolute Gasteiger partial charge is 0.330 e. The summed E-state index contributed by atoms with van der Waals surface area (Å²) in [7, 11) is 0. The number of rotatable bonds is 4. The van der Waals surface area contributed by atoms with Crippen LogP contribution >= 0.6 is 0 Å². The summed E-state index contributed by atoms with van der Waals surface area (Å²) in [4.78, 5) is 36.8. The number of esters is 1. The van der Waals surface area contributed by atoms with Crippen molar-refractivity contribution in [2.45, 2.75) is 44.1 Å². The quantitative estimate of drug-likeness (QED) is 0.728. The molecule has 0 bridgehead atoms. The summed E-state index contributed by atoms with van der Waals surface area (Å²) in [5.41, 5.74) is -0.931. The molecule has 8 nitrogen and oxygen atoms in total. The molecule has 1 aromatic rings. The lowest BCUT2D eigenvalue weighted by Gasteiger charge is -2.16. The maximum atomic E-state index is 11.8. The molecular formula is C14H19N3O5. The van der Waals surface area contributed by atoms with E-state index in [1.807, 2.05) is 0 Å². The highest BCUT2D eigenvalue weighted by Crippen LogP contribution is 2.27. The van der Waals surface area contributed by atoms with Crippen LogP contribution in [0.15, 0.2) is 21.9 Å². The van der Waals surface area contributed by atoms with Crippen LogP contribution < -0.4 is 16.6 Å². The van der Waals surface area contributed by atoms with Crippen molar-refractivity contribution in [2.24, 2.45) is 0 Å². The Labute approximate surface area is 126 Å². The van der Waals surface area contributed by atoms with Crippen LogP contribution in [0, 0.1) is 0 Å².